The standard InChI is InChI=1S/C17H28N4O/c1-4-18-17(21-15-8-5-13(2)6-9-15)20-12-14-7-10-16(22-3)19-11-14/h7,10-11,13,15H,4-6,8-9,12H2,1-3H3,(H2,18,20,21). The van der Waals surface area contributed by atoms with Crippen LogP contribution in [0.1, 0.15) is 45.1 Å². The molecule has 1 fully saturated rings. The number of methoxy groups -OCH3 is 1. The van der Waals surface area contributed by atoms with Gasteiger partial charge >= 0.3 is 0 Å². The Morgan fingerprint density at radius 1 is 1.32 bits per heavy atom. The smallest absolute Gasteiger partial charge is 0.212 e. The maximum absolute atomic E-state index is 5.07. The van der Waals surface area contributed by atoms with E-state index in [0.717, 1.165) is 24.0 Å². The van der Waals surface area contributed by atoms with Crippen molar-refractivity contribution in [3.05, 3.63) is 23.9 Å². The zero-order chi connectivity index (χ0) is 15.8. The first-order valence-electron chi connectivity index (χ1n) is 8.25. The minimum Gasteiger partial charge on any atom is -0.481 e. The van der Waals surface area contributed by atoms with Gasteiger partial charge in [-0.25, -0.2) is 9.98 Å². The molecule has 0 aliphatic heterocycles. The van der Waals surface area contributed by atoms with E-state index in [4.69, 9.17) is 4.74 Å². The third-order valence-electron chi connectivity index (χ3n) is 4.13. The molecule has 22 heavy (non-hydrogen) atoms. The molecule has 1 heterocycles. The summed E-state index contributed by atoms with van der Waals surface area (Å²) in [4.78, 5) is 8.88. The van der Waals surface area contributed by atoms with Crippen molar-refractivity contribution >= 4 is 5.96 Å². The van der Waals surface area contributed by atoms with Crippen molar-refractivity contribution in [2.45, 2.75) is 52.1 Å². The predicted molar refractivity (Wildman–Crippen MR) is 90.2 cm³/mol. The number of aromatic nitrogens is 1. The number of ether oxygens (including phenoxy) is 1. The minimum absolute atomic E-state index is 0.544. The van der Waals surface area contributed by atoms with Gasteiger partial charge in [-0.3, -0.25) is 0 Å². The van der Waals surface area contributed by atoms with Crippen LogP contribution >= 0.6 is 0 Å². The fraction of sp³-hybridized carbons (Fsp3) is 0.647. The summed E-state index contributed by atoms with van der Waals surface area (Å²) in [6.45, 7) is 5.92. The molecule has 122 valence electrons. The van der Waals surface area contributed by atoms with Crippen molar-refractivity contribution in [3.63, 3.8) is 0 Å². The Morgan fingerprint density at radius 2 is 2.09 bits per heavy atom. The number of pyridine rings is 1. The lowest BCUT2D eigenvalue weighted by Crippen LogP contribution is -2.44. The average molecular weight is 304 g/mol. The molecule has 0 aromatic carbocycles. The van der Waals surface area contributed by atoms with Crippen molar-refractivity contribution in [2.24, 2.45) is 10.9 Å². The second-order valence-corrected chi connectivity index (χ2v) is 6.01. The highest BCUT2D eigenvalue weighted by molar-refractivity contribution is 5.80. The highest BCUT2D eigenvalue weighted by Gasteiger charge is 2.18. The van der Waals surface area contributed by atoms with E-state index < -0.39 is 0 Å². The van der Waals surface area contributed by atoms with E-state index in [1.165, 1.54) is 25.7 Å². The molecular weight excluding hydrogens is 276 g/mol. The van der Waals surface area contributed by atoms with Gasteiger partial charge in [0.15, 0.2) is 5.96 Å². The summed E-state index contributed by atoms with van der Waals surface area (Å²) in [7, 11) is 1.62. The number of nitrogens with one attached hydrogen (secondary N) is 2. The van der Waals surface area contributed by atoms with Crippen LogP contribution in [0.15, 0.2) is 23.3 Å². The van der Waals surface area contributed by atoms with Gasteiger partial charge in [-0.1, -0.05) is 13.0 Å². The summed E-state index contributed by atoms with van der Waals surface area (Å²) in [5.74, 6) is 2.40. The van der Waals surface area contributed by atoms with Crippen LogP contribution in [-0.4, -0.2) is 30.6 Å². The Kier molecular flexibility index (Phi) is 6.49. The third-order valence-corrected chi connectivity index (χ3v) is 4.13. The van der Waals surface area contributed by atoms with Crippen LogP contribution in [0.25, 0.3) is 0 Å². The van der Waals surface area contributed by atoms with Crippen molar-refractivity contribution in [1.29, 1.82) is 0 Å². The van der Waals surface area contributed by atoms with Crippen LogP contribution in [0.2, 0.25) is 0 Å². The molecule has 5 heteroatoms. The van der Waals surface area contributed by atoms with Gasteiger partial charge in [0, 0.05) is 24.8 Å². The number of guanidine groups is 1. The first kappa shape index (κ1) is 16.6. The largest absolute Gasteiger partial charge is 0.481 e. The normalized spacial score (nSPS) is 22.2. The summed E-state index contributed by atoms with van der Waals surface area (Å²) in [5, 5.41) is 6.89. The Hall–Kier alpha value is -1.78. The Bertz CT molecular complexity index is 464. The topological polar surface area (TPSA) is 58.5 Å². The molecule has 0 spiro atoms. The third kappa shape index (κ3) is 5.20. The molecule has 0 radical (unpaired) electrons. The second-order valence-electron chi connectivity index (χ2n) is 6.01. The van der Waals surface area contributed by atoms with Crippen LogP contribution in [0.4, 0.5) is 0 Å². The molecule has 0 bridgehead atoms. The SMILES string of the molecule is CCNC(=NCc1ccc(OC)nc1)NC1CCC(C)CC1. The maximum atomic E-state index is 5.07. The molecule has 2 N–H and O–H groups in total. The molecule has 1 saturated carbocycles. The molecule has 5 nitrogen and oxygen atoms in total. The molecule has 0 atom stereocenters. The molecule has 0 amide bonds. The van der Waals surface area contributed by atoms with E-state index in [1.807, 2.05) is 18.3 Å². The van der Waals surface area contributed by atoms with Crippen molar-refractivity contribution in [2.75, 3.05) is 13.7 Å². The molecule has 2 rings (SSSR count). The molecular formula is C17H28N4O. The zero-order valence-electron chi connectivity index (χ0n) is 13.9. The number of hydrogen-bond donors (Lipinski definition) is 2. The first-order valence-corrected chi connectivity index (χ1v) is 8.25. The highest BCUT2D eigenvalue weighted by atomic mass is 16.5. The Labute approximate surface area is 133 Å². The van der Waals surface area contributed by atoms with Crippen LogP contribution in [0, 0.1) is 5.92 Å². The van der Waals surface area contributed by atoms with E-state index >= 15 is 0 Å². The summed E-state index contributed by atoms with van der Waals surface area (Å²) >= 11 is 0. The van der Waals surface area contributed by atoms with Crippen molar-refractivity contribution in [1.82, 2.24) is 15.6 Å². The maximum Gasteiger partial charge on any atom is 0.212 e. The molecule has 1 aliphatic rings. The fourth-order valence-electron chi connectivity index (χ4n) is 2.71. The van der Waals surface area contributed by atoms with E-state index in [9.17, 15) is 0 Å². The monoisotopic (exact) mass is 304 g/mol. The predicted octanol–water partition coefficient (Wildman–Crippen LogP) is 2.72. The molecule has 1 aromatic heterocycles. The molecule has 0 saturated heterocycles. The Balaban J connectivity index is 1.91. The molecule has 0 unspecified atom stereocenters. The van der Waals surface area contributed by atoms with Crippen LogP contribution in [0.5, 0.6) is 5.88 Å². The Morgan fingerprint density at radius 3 is 2.68 bits per heavy atom. The number of nitrogens with zero attached hydrogens (tertiary/aromatic N) is 2. The van der Waals surface area contributed by atoms with Gasteiger partial charge in [0.2, 0.25) is 5.88 Å². The average Bonchev–Trinajstić information content (AvgIpc) is 2.55. The number of rotatable bonds is 5. The van der Waals surface area contributed by atoms with E-state index in [0.29, 0.717) is 18.5 Å². The molecule has 1 aliphatic carbocycles. The lowest BCUT2D eigenvalue weighted by molar-refractivity contribution is 0.329. The van der Waals surface area contributed by atoms with Gasteiger partial charge in [-0.15, -0.1) is 0 Å². The number of aliphatic imine (C=N–C) groups is 1. The van der Waals surface area contributed by atoms with Gasteiger partial charge in [-0.2, -0.15) is 0 Å². The number of hydrogen-bond acceptors (Lipinski definition) is 3. The van der Waals surface area contributed by atoms with Crippen molar-refractivity contribution in [3.8, 4) is 5.88 Å². The van der Waals surface area contributed by atoms with Gasteiger partial charge in [0.1, 0.15) is 0 Å². The van der Waals surface area contributed by atoms with Crippen LogP contribution in [-0.2, 0) is 6.54 Å². The molecule has 1 aromatic rings. The lowest BCUT2D eigenvalue weighted by Gasteiger charge is -2.28. The van der Waals surface area contributed by atoms with E-state index in [2.05, 4.69) is 34.5 Å². The second kappa shape index (κ2) is 8.61. The summed E-state index contributed by atoms with van der Waals surface area (Å²) in [6, 6.07) is 4.41. The first-order chi connectivity index (χ1) is 10.7. The van der Waals surface area contributed by atoms with E-state index in [-0.39, 0.29) is 0 Å². The highest BCUT2D eigenvalue weighted by Crippen LogP contribution is 2.23. The minimum atomic E-state index is 0.544. The van der Waals surface area contributed by atoms with Crippen LogP contribution < -0.4 is 15.4 Å². The van der Waals surface area contributed by atoms with Crippen molar-refractivity contribution < 1.29 is 4.74 Å². The summed E-state index contributed by atoms with van der Waals surface area (Å²) in [6.07, 6.45) is 6.89. The zero-order valence-corrected chi connectivity index (χ0v) is 13.9. The van der Waals surface area contributed by atoms with Gasteiger partial charge in [0.25, 0.3) is 0 Å². The van der Waals surface area contributed by atoms with E-state index in [1.54, 1.807) is 7.11 Å². The lowest BCUT2D eigenvalue weighted by atomic mass is 9.87. The quantitative estimate of drug-likeness (QED) is 0.649. The van der Waals surface area contributed by atoms with Gasteiger partial charge < -0.3 is 15.4 Å². The van der Waals surface area contributed by atoms with Gasteiger partial charge in [0.05, 0.1) is 13.7 Å². The van der Waals surface area contributed by atoms with Crippen LogP contribution in [0.3, 0.4) is 0 Å². The summed E-state index contributed by atoms with van der Waals surface area (Å²) in [5.41, 5.74) is 1.08. The fourth-order valence-corrected chi connectivity index (χ4v) is 2.71. The van der Waals surface area contributed by atoms with Gasteiger partial charge in [-0.05, 0) is 44.1 Å². The summed E-state index contributed by atoms with van der Waals surface area (Å²) < 4.78 is 5.07.